The maximum atomic E-state index is 5.65. The van der Waals surface area contributed by atoms with E-state index in [0.29, 0.717) is 5.82 Å². The first-order valence-corrected chi connectivity index (χ1v) is 5.22. The molecular formula is C11H11ClN4. The Kier molecular flexibility index (Phi) is 3.01. The van der Waals surface area contributed by atoms with Crippen molar-refractivity contribution in [3.05, 3.63) is 40.8 Å². The maximum absolute atomic E-state index is 5.65. The summed E-state index contributed by atoms with van der Waals surface area (Å²) in [7, 11) is 0. The maximum Gasteiger partial charge on any atom is 0.244 e. The average molecular weight is 235 g/mol. The van der Waals surface area contributed by atoms with Gasteiger partial charge in [0.1, 0.15) is 0 Å². The van der Waals surface area contributed by atoms with Gasteiger partial charge in [0.25, 0.3) is 0 Å². The Morgan fingerprint density at radius 1 is 1.12 bits per heavy atom. The van der Waals surface area contributed by atoms with Gasteiger partial charge in [-0.05, 0) is 48.7 Å². The third-order valence-electron chi connectivity index (χ3n) is 2.03. The van der Waals surface area contributed by atoms with Crippen molar-refractivity contribution < 1.29 is 0 Å². The summed E-state index contributed by atoms with van der Waals surface area (Å²) in [5.41, 5.74) is 3.35. The van der Waals surface area contributed by atoms with Crippen LogP contribution in [0.4, 0.5) is 11.5 Å². The third-order valence-corrected chi connectivity index (χ3v) is 2.19. The first-order chi connectivity index (χ1) is 7.63. The lowest BCUT2D eigenvalue weighted by Crippen LogP contribution is -1.97. The fourth-order valence-corrected chi connectivity index (χ4v) is 1.67. The number of halogens is 1. The molecule has 5 heteroatoms. The zero-order valence-corrected chi connectivity index (χ0v) is 9.78. The first-order valence-electron chi connectivity index (χ1n) is 4.84. The standard InChI is InChI=1S/C11H11ClN4/c1-7-3-8(2)5-9(4-7)14-10-6-13-16-11(12)15-10/h3-6H,1-2H3,(H,14,15,16). The van der Waals surface area contributed by atoms with Crippen LogP contribution in [0.1, 0.15) is 11.1 Å². The van der Waals surface area contributed by atoms with E-state index in [1.54, 1.807) is 0 Å². The molecule has 0 spiro atoms. The summed E-state index contributed by atoms with van der Waals surface area (Å²) >= 11 is 5.65. The summed E-state index contributed by atoms with van der Waals surface area (Å²) in [6.07, 6.45) is 1.53. The molecule has 0 aliphatic carbocycles. The largest absolute Gasteiger partial charge is 0.339 e. The molecule has 4 nitrogen and oxygen atoms in total. The molecule has 0 fully saturated rings. The van der Waals surface area contributed by atoms with E-state index in [2.05, 4.69) is 26.6 Å². The lowest BCUT2D eigenvalue weighted by molar-refractivity contribution is 0.974. The van der Waals surface area contributed by atoms with Crippen molar-refractivity contribution in [1.29, 1.82) is 0 Å². The zero-order chi connectivity index (χ0) is 11.5. The van der Waals surface area contributed by atoms with Gasteiger partial charge in [0.2, 0.25) is 5.28 Å². The monoisotopic (exact) mass is 234 g/mol. The molecular weight excluding hydrogens is 224 g/mol. The smallest absolute Gasteiger partial charge is 0.244 e. The Labute approximate surface area is 98.7 Å². The summed E-state index contributed by atoms with van der Waals surface area (Å²) in [4.78, 5) is 4.01. The summed E-state index contributed by atoms with van der Waals surface area (Å²) < 4.78 is 0. The highest BCUT2D eigenvalue weighted by atomic mass is 35.5. The molecule has 0 saturated carbocycles. The number of nitrogens with zero attached hydrogens (tertiary/aromatic N) is 3. The number of hydrogen-bond donors (Lipinski definition) is 1. The lowest BCUT2D eigenvalue weighted by atomic mass is 10.1. The van der Waals surface area contributed by atoms with Gasteiger partial charge >= 0.3 is 0 Å². The van der Waals surface area contributed by atoms with Crippen LogP contribution in [-0.4, -0.2) is 15.2 Å². The topological polar surface area (TPSA) is 50.7 Å². The van der Waals surface area contributed by atoms with E-state index in [9.17, 15) is 0 Å². The van der Waals surface area contributed by atoms with Gasteiger partial charge in [0, 0.05) is 5.69 Å². The van der Waals surface area contributed by atoms with E-state index >= 15 is 0 Å². The molecule has 1 aromatic carbocycles. The van der Waals surface area contributed by atoms with E-state index in [-0.39, 0.29) is 5.28 Å². The van der Waals surface area contributed by atoms with Gasteiger partial charge in [-0.2, -0.15) is 10.1 Å². The Morgan fingerprint density at radius 2 is 1.81 bits per heavy atom. The molecule has 0 saturated heterocycles. The zero-order valence-electron chi connectivity index (χ0n) is 9.03. The molecule has 0 radical (unpaired) electrons. The second-order valence-corrected chi connectivity index (χ2v) is 3.95. The predicted octanol–water partition coefficient (Wildman–Crippen LogP) is 2.89. The van der Waals surface area contributed by atoms with Crippen LogP contribution in [0.15, 0.2) is 24.4 Å². The minimum absolute atomic E-state index is 0.134. The second-order valence-electron chi connectivity index (χ2n) is 3.61. The molecule has 1 aromatic heterocycles. The Bertz CT molecular complexity index is 493. The van der Waals surface area contributed by atoms with E-state index in [1.807, 2.05) is 26.0 Å². The molecule has 2 aromatic rings. The fourth-order valence-electron chi connectivity index (χ4n) is 1.54. The minimum Gasteiger partial charge on any atom is -0.339 e. The lowest BCUT2D eigenvalue weighted by Gasteiger charge is -2.07. The Balaban J connectivity index is 2.27. The van der Waals surface area contributed by atoms with E-state index < -0.39 is 0 Å². The quantitative estimate of drug-likeness (QED) is 0.868. The molecule has 1 N–H and O–H groups in total. The Hall–Kier alpha value is -1.68. The second kappa shape index (κ2) is 4.45. The van der Waals surface area contributed by atoms with Crippen LogP contribution in [0.25, 0.3) is 0 Å². The molecule has 0 aliphatic rings. The van der Waals surface area contributed by atoms with Crippen LogP contribution in [0.3, 0.4) is 0 Å². The minimum atomic E-state index is 0.134. The highest BCUT2D eigenvalue weighted by Gasteiger charge is 2.00. The summed E-state index contributed by atoms with van der Waals surface area (Å²) in [5.74, 6) is 0.588. The van der Waals surface area contributed by atoms with Crippen LogP contribution >= 0.6 is 11.6 Å². The molecule has 82 valence electrons. The first kappa shape index (κ1) is 10.8. The van der Waals surface area contributed by atoms with E-state index in [4.69, 9.17) is 11.6 Å². The molecule has 16 heavy (non-hydrogen) atoms. The van der Waals surface area contributed by atoms with Crippen molar-refractivity contribution in [3.63, 3.8) is 0 Å². The summed E-state index contributed by atoms with van der Waals surface area (Å²) in [6, 6.07) is 6.17. The van der Waals surface area contributed by atoms with Crippen molar-refractivity contribution in [2.45, 2.75) is 13.8 Å². The highest BCUT2D eigenvalue weighted by Crippen LogP contribution is 2.17. The van der Waals surface area contributed by atoms with Crippen LogP contribution in [0.5, 0.6) is 0 Å². The van der Waals surface area contributed by atoms with Crippen LogP contribution in [0, 0.1) is 13.8 Å². The van der Waals surface area contributed by atoms with Crippen molar-refractivity contribution in [3.8, 4) is 0 Å². The van der Waals surface area contributed by atoms with Crippen LogP contribution in [0.2, 0.25) is 5.28 Å². The van der Waals surface area contributed by atoms with Crippen molar-refractivity contribution in [2.75, 3.05) is 5.32 Å². The predicted molar refractivity (Wildman–Crippen MR) is 64.0 cm³/mol. The van der Waals surface area contributed by atoms with Crippen molar-refractivity contribution in [1.82, 2.24) is 15.2 Å². The normalized spacial score (nSPS) is 10.2. The van der Waals surface area contributed by atoms with Gasteiger partial charge in [-0.15, -0.1) is 5.10 Å². The number of nitrogens with one attached hydrogen (secondary N) is 1. The number of benzene rings is 1. The number of rotatable bonds is 2. The third kappa shape index (κ3) is 2.67. The average Bonchev–Trinajstić information content (AvgIpc) is 2.15. The van der Waals surface area contributed by atoms with Gasteiger partial charge in [-0.3, -0.25) is 0 Å². The number of anilines is 2. The number of aromatic nitrogens is 3. The molecule has 0 amide bonds. The van der Waals surface area contributed by atoms with Crippen LogP contribution in [-0.2, 0) is 0 Å². The van der Waals surface area contributed by atoms with Gasteiger partial charge < -0.3 is 5.32 Å². The van der Waals surface area contributed by atoms with Gasteiger partial charge in [0.15, 0.2) is 5.82 Å². The summed E-state index contributed by atoms with van der Waals surface area (Å²) in [6.45, 7) is 4.09. The molecule has 0 aliphatic heterocycles. The van der Waals surface area contributed by atoms with Crippen molar-refractivity contribution in [2.24, 2.45) is 0 Å². The van der Waals surface area contributed by atoms with E-state index in [0.717, 1.165) is 5.69 Å². The summed E-state index contributed by atoms with van der Waals surface area (Å²) in [5, 5.41) is 10.6. The fraction of sp³-hybridized carbons (Fsp3) is 0.182. The Morgan fingerprint density at radius 3 is 2.44 bits per heavy atom. The SMILES string of the molecule is Cc1cc(C)cc(Nc2cnnc(Cl)n2)c1. The molecule has 0 atom stereocenters. The molecule has 2 rings (SSSR count). The van der Waals surface area contributed by atoms with Crippen molar-refractivity contribution >= 4 is 23.1 Å². The van der Waals surface area contributed by atoms with E-state index in [1.165, 1.54) is 17.3 Å². The van der Waals surface area contributed by atoms with Crippen LogP contribution < -0.4 is 5.32 Å². The highest BCUT2D eigenvalue weighted by molar-refractivity contribution is 6.28. The number of aryl methyl sites for hydroxylation is 2. The van der Waals surface area contributed by atoms with Gasteiger partial charge in [0.05, 0.1) is 6.20 Å². The van der Waals surface area contributed by atoms with Gasteiger partial charge in [-0.25, -0.2) is 0 Å². The molecule has 0 bridgehead atoms. The number of hydrogen-bond acceptors (Lipinski definition) is 4. The molecule has 0 unspecified atom stereocenters. The molecule has 1 heterocycles. The van der Waals surface area contributed by atoms with Gasteiger partial charge in [-0.1, -0.05) is 6.07 Å².